The Bertz CT molecular complexity index is 454. The molecule has 3 N–H and O–H groups in total. The molecule has 1 saturated heterocycles. The number of anilines is 1. The molecule has 0 saturated carbocycles. The van der Waals surface area contributed by atoms with Gasteiger partial charge >= 0.3 is 0 Å². The normalized spacial score (nSPS) is 21.9. The van der Waals surface area contributed by atoms with E-state index in [-0.39, 0.29) is 17.9 Å². The first-order valence-electron chi connectivity index (χ1n) is 7.42. The van der Waals surface area contributed by atoms with Crippen molar-refractivity contribution in [3.63, 3.8) is 0 Å². The fourth-order valence-electron chi connectivity index (χ4n) is 2.75. The average molecular weight is 276 g/mol. The number of benzene rings is 1. The van der Waals surface area contributed by atoms with E-state index in [1.165, 1.54) is 0 Å². The number of aryl methyl sites for hydroxylation is 1. The van der Waals surface area contributed by atoms with E-state index in [0.717, 1.165) is 50.0 Å². The summed E-state index contributed by atoms with van der Waals surface area (Å²) in [6, 6.07) is 7.90. The Balaban J connectivity index is 2.03. The van der Waals surface area contributed by atoms with Crippen LogP contribution in [0, 0.1) is 5.41 Å². The number of aliphatic hydroxyl groups is 1. The number of hydrogen-bond acceptors (Lipinski definition) is 3. The van der Waals surface area contributed by atoms with Gasteiger partial charge in [-0.1, -0.05) is 19.1 Å². The zero-order valence-electron chi connectivity index (χ0n) is 12.1. The van der Waals surface area contributed by atoms with E-state index in [1.807, 2.05) is 24.3 Å². The van der Waals surface area contributed by atoms with Gasteiger partial charge in [-0.05, 0) is 49.9 Å². The standard InChI is InChI=1S/C16H24N2O2/c1-2-16(8-9-17-12-16)15(20)18-14-7-3-5-13(11-14)6-4-10-19/h3,5,7,11,17,19H,2,4,6,8-10,12H2,1H3,(H,18,20). The Hall–Kier alpha value is -1.39. The molecule has 0 spiro atoms. The number of amides is 1. The van der Waals surface area contributed by atoms with Gasteiger partial charge in [0.2, 0.25) is 5.91 Å². The summed E-state index contributed by atoms with van der Waals surface area (Å²) in [4.78, 5) is 12.5. The van der Waals surface area contributed by atoms with Crippen molar-refractivity contribution < 1.29 is 9.90 Å². The van der Waals surface area contributed by atoms with Gasteiger partial charge in [-0.3, -0.25) is 4.79 Å². The number of nitrogens with one attached hydrogen (secondary N) is 2. The van der Waals surface area contributed by atoms with Crippen molar-refractivity contribution in [3.05, 3.63) is 29.8 Å². The van der Waals surface area contributed by atoms with Crippen molar-refractivity contribution in [2.24, 2.45) is 5.41 Å². The lowest BCUT2D eigenvalue weighted by atomic mass is 9.83. The molecule has 1 amide bonds. The smallest absolute Gasteiger partial charge is 0.231 e. The van der Waals surface area contributed by atoms with Crippen LogP contribution in [0.15, 0.2) is 24.3 Å². The van der Waals surface area contributed by atoms with Crippen molar-refractivity contribution in [2.75, 3.05) is 25.0 Å². The highest BCUT2D eigenvalue weighted by Gasteiger charge is 2.39. The van der Waals surface area contributed by atoms with Gasteiger partial charge in [0.1, 0.15) is 0 Å². The second-order valence-corrected chi connectivity index (χ2v) is 5.54. The van der Waals surface area contributed by atoms with E-state index in [1.54, 1.807) is 0 Å². The molecule has 0 radical (unpaired) electrons. The lowest BCUT2D eigenvalue weighted by Gasteiger charge is -2.25. The van der Waals surface area contributed by atoms with Crippen LogP contribution < -0.4 is 10.6 Å². The van der Waals surface area contributed by atoms with Gasteiger partial charge < -0.3 is 15.7 Å². The second-order valence-electron chi connectivity index (χ2n) is 5.54. The first-order chi connectivity index (χ1) is 9.70. The third-order valence-electron chi connectivity index (χ3n) is 4.21. The fourth-order valence-corrected chi connectivity index (χ4v) is 2.75. The zero-order valence-corrected chi connectivity index (χ0v) is 12.1. The first-order valence-corrected chi connectivity index (χ1v) is 7.42. The molecule has 4 heteroatoms. The van der Waals surface area contributed by atoms with E-state index in [4.69, 9.17) is 5.11 Å². The summed E-state index contributed by atoms with van der Waals surface area (Å²) in [6.07, 6.45) is 3.34. The van der Waals surface area contributed by atoms with Crippen molar-refractivity contribution >= 4 is 11.6 Å². The molecule has 1 aromatic rings. The molecule has 1 fully saturated rings. The first kappa shape index (κ1) is 15.0. The van der Waals surface area contributed by atoms with Crippen LogP contribution in [0.2, 0.25) is 0 Å². The molecule has 1 heterocycles. The summed E-state index contributed by atoms with van der Waals surface area (Å²) in [6.45, 7) is 3.95. The van der Waals surface area contributed by atoms with E-state index >= 15 is 0 Å². The van der Waals surface area contributed by atoms with E-state index in [0.29, 0.717) is 0 Å². The predicted molar refractivity (Wildman–Crippen MR) is 80.7 cm³/mol. The molecule has 0 bridgehead atoms. The molecule has 1 aromatic carbocycles. The molecule has 1 aliphatic rings. The van der Waals surface area contributed by atoms with Crippen molar-refractivity contribution in [3.8, 4) is 0 Å². The quantitative estimate of drug-likeness (QED) is 0.744. The number of carbonyl (C=O) groups excluding carboxylic acids is 1. The zero-order chi connectivity index (χ0) is 14.4. The number of carbonyl (C=O) groups is 1. The minimum absolute atomic E-state index is 0.115. The second kappa shape index (κ2) is 6.86. The molecule has 20 heavy (non-hydrogen) atoms. The molecule has 1 unspecified atom stereocenters. The average Bonchev–Trinajstić information content (AvgIpc) is 2.95. The van der Waals surface area contributed by atoms with Crippen LogP contribution in [0.25, 0.3) is 0 Å². The Morgan fingerprint density at radius 2 is 2.35 bits per heavy atom. The predicted octanol–water partition coefficient (Wildman–Crippen LogP) is 1.94. The van der Waals surface area contributed by atoms with Crippen LogP contribution in [0.3, 0.4) is 0 Å². The third kappa shape index (κ3) is 3.38. The van der Waals surface area contributed by atoms with Gasteiger partial charge in [-0.15, -0.1) is 0 Å². The topological polar surface area (TPSA) is 61.4 Å². The maximum Gasteiger partial charge on any atom is 0.231 e. The maximum atomic E-state index is 12.5. The molecule has 1 aliphatic heterocycles. The Morgan fingerprint density at radius 3 is 3.00 bits per heavy atom. The number of hydrogen-bond donors (Lipinski definition) is 3. The Morgan fingerprint density at radius 1 is 1.50 bits per heavy atom. The molecule has 1 atom stereocenters. The van der Waals surface area contributed by atoms with Crippen molar-refractivity contribution in [2.45, 2.75) is 32.6 Å². The molecule has 0 aliphatic carbocycles. The highest BCUT2D eigenvalue weighted by Crippen LogP contribution is 2.31. The summed E-state index contributed by atoms with van der Waals surface area (Å²) >= 11 is 0. The minimum Gasteiger partial charge on any atom is -0.396 e. The summed E-state index contributed by atoms with van der Waals surface area (Å²) in [7, 11) is 0. The molecular weight excluding hydrogens is 252 g/mol. The molecule has 110 valence electrons. The largest absolute Gasteiger partial charge is 0.396 e. The monoisotopic (exact) mass is 276 g/mol. The lowest BCUT2D eigenvalue weighted by molar-refractivity contribution is -0.124. The third-order valence-corrected chi connectivity index (χ3v) is 4.21. The van der Waals surface area contributed by atoms with E-state index < -0.39 is 0 Å². The van der Waals surface area contributed by atoms with Crippen LogP contribution in [0.1, 0.15) is 31.7 Å². The molecule has 4 nitrogen and oxygen atoms in total. The van der Waals surface area contributed by atoms with Crippen LogP contribution in [0.5, 0.6) is 0 Å². The summed E-state index contributed by atoms with van der Waals surface area (Å²) in [5.41, 5.74) is 1.73. The maximum absolute atomic E-state index is 12.5. The molecule has 2 rings (SSSR count). The summed E-state index contributed by atoms with van der Waals surface area (Å²) in [5.74, 6) is 0.115. The highest BCUT2D eigenvalue weighted by molar-refractivity contribution is 5.95. The van der Waals surface area contributed by atoms with Gasteiger partial charge in [0, 0.05) is 18.8 Å². The Labute approximate surface area is 120 Å². The van der Waals surface area contributed by atoms with Gasteiger partial charge in [0.15, 0.2) is 0 Å². The lowest BCUT2D eigenvalue weighted by Crippen LogP contribution is -2.37. The molecular formula is C16H24N2O2. The van der Waals surface area contributed by atoms with Gasteiger partial charge in [-0.2, -0.15) is 0 Å². The minimum atomic E-state index is -0.263. The van der Waals surface area contributed by atoms with Gasteiger partial charge in [0.05, 0.1) is 5.41 Å². The number of aliphatic hydroxyl groups excluding tert-OH is 1. The summed E-state index contributed by atoms with van der Waals surface area (Å²) in [5, 5.41) is 15.2. The number of rotatable bonds is 6. The van der Waals surface area contributed by atoms with Crippen LogP contribution in [-0.2, 0) is 11.2 Å². The van der Waals surface area contributed by atoms with Crippen LogP contribution >= 0.6 is 0 Å². The van der Waals surface area contributed by atoms with E-state index in [2.05, 4.69) is 17.6 Å². The van der Waals surface area contributed by atoms with Crippen molar-refractivity contribution in [1.82, 2.24) is 5.32 Å². The van der Waals surface area contributed by atoms with Gasteiger partial charge in [-0.25, -0.2) is 0 Å². The van der Waals surface area contributed by atoms with Crippen LogP contribution in [0.4, 0.5) is 5.69 Å². The van der Waals surface area contributed by atoms with Crippen LogP contribution in [-0.4, -0.2) is 30.7 Å². The van der Waals surface area contributed by atoms with E-state index in [9.17, 15) is 4.79 Å². The summed E-state index contributed by atoms with van der Waals surface area (Å²) < 4.78 is 0. The molecule has 0 aromatic heterocycles. The van der Waals surface area contributed by atoms with Gasteiger partial charge in [0.25, 0.3) is 0 Å². The Kier molecular flexibility index (Phi) is 5.15. The fraction of sp³-hybridized carbons (Fsp3) is 0.562. The SMILES string of the molecule is CCC1(C(=O)Nc2cccc(CCCO)c2)CCNC1. The van der Waals surface area contributed by atoms with Crippen molar-refractivity contribution in [1.29, 1.82) is 0 Å². The highest BCUT2D eigenvalue weighted by atomic mass is 16.2.